The van der Waals surface area contributed by atoms with E-state index in [1.165, 1.54) is 0 Å². The number of rotatable bonds is 8. The monoisotopic (exact) mass is 400 g/mol. The quantitative estimate of drug-likeness (QED) is 0.346. The number of hydrogen-bond acceptors (Lipinski definition) is 4. The fraction of sp³-hybridized carbons (Fsp3) is 0.208. The molecule has 0 saturated carbocycles. The molecule has 6 nitrogen and oxygen atoms in total. The molecule has 3 rings (SSSR count). The van der Waals surface area contributed by atoms with Crippen molar-refractivity contribution < 1.29 is 9.53 Å². The van der Waals surface area contributed by atoms with E-state index >= 15 is 0 Å². The van der Waals surface area contributed by atoms with Gasteiger partial charge in [0.15, 0.2) is 0 Å². The van der Waals surface area contributed by atoms with E-state index in [1.54, 1.807) is 17.9 Å². The Morgan fingerprint density at radius 1 is 1.20 bits per heavy atom. The third-order valence-electron chi connectivity index (χ3n) is 4.61. The highest BCUT2D eigenvalue weighted by atomic mass is 16.5. The molecule has 1 N–H and O–H groups in total. The first kappa shape index (κ1) is 20.9. The van der Waals surface area contributed by atoms with Crippen molar-refractivity contribution in [2.24, 2.45) is 0 Å². The molecular formula is C24H24N4O2. The molecule has 0 fully saturated rings. The number of unbranched alkanes of at least 4 members (excludes halogenated alkanes) is 1. The van der Waals surface area contributed by atoms with Crippen LogP contribution in [0.5, 0.6) is 5.75 Å². The van der Waals surface area contributed by atoms with Crippen LogP contribution in [0.3, 0.4) is 0 Å². The van der Waals surface area contributed by atoms with Gasteiger partial charge >= 0.3 is 0 Å². The third-order valence-corrected chi connectivity index (χ3v) is 4.61. The average molecular weight is 400 g/mol. The molecule has 1 amide bonds. The fourth-order valence-corrected chi connectivity index (χ4v) is 2.96. The summed E-state index contributed by atoms with van der Waals surface area (Å²) in [5, 5.41) is 17.1. The SMILES string of the molecule is CCCCNC(=O)/C(C#N)=C/c1cn(-c2ccccc2)nc1-c1ccc(OC)cc1. The molecule has 30 heavy (non-hydrogen) atoms. The smallest absolute Gasteiger partial charge is 0.261 e. The molecular weight excluding hydrogens is 376 g/mol. The van der Waals surface area contributed by atoms with Crippen molar-refractivity contribution in [1.82, 2.24) is 15.1 Å². The van der Waals surface area contributed by atoms with Crippen LogP contribution in [0.2, 0.25) is 0 Å². The van der Waals surface area contributed by atoms with Crippen LogP contribution in [-0.4, -0.2) is 29.3 Å². The molecule has 152 valence electrons. The Labute approximate surface area is 176 Å². The second-order valence-corrected chi connectivity index (χ2v) is 6.72. The Hall–Kier alpha value is -3.85. The summed E-state index contributed by atoms with van der Waals surface area (Å²) in [6.45, 7) is 2.59. The number of carbonyl (C=O) groups excluding carboxylic acids is 1. The summed E-state index contributed by atoms with van der Waals surface area (Å²) in [5.74, 6) is 0.366. The van der Waals surface area contributed by atoms with Crippen LogP contribution in [0.25, 0.3) is 23.0 Å². The fourth-order valence-electron chi connectivity index (χ4n) is 2.96. The first-order chi connectivity index (χ1) is 14.7. The summed E-state index contributed by atoms with van der Waals surface area (Å²) in [7, 11) is 1.61. The van der Waals surface area contributed by atoms with Crippen molar-refractivity contribution in [2.75, 3.05) is 13.7 Å². The van der Waals surface area contributed by atoms with Crippen LogP contribution in [0.4, 0.5) is 0 Å². The molecule has 0 aliphatic heterocycles. The number of nitrogens with zero attached hydrogens (tertiary/aromatic N) is 3. The highest BCUT2D eigenvalue weighted by Gasteiger charge is 2.15. The largest absolute Gasteiger partial charge is 0.497 e. The van der Waals surface area contributed by atoms with Crippen molar-refractivity contribution in [3.8, 4) is 28.8 Å². The van der Waals surface area contributed by atoms with Crippen LogP contribution >= 0.6 is 0 Å². The minimum atomic E-state index is -0.376. The number of benzene rings is 2. The topological polar surface area (TPSA) is 79.9 Å². The van der Waals surface area contributed by atoms with Gasteiger partial charge in [-0.2, -0.15) is 10.4 Å². The first-order valence-electron chi connectivity index (χ1n) is 9.85. The van der Waals surface area contributed by atoms with Crippen molar-refractivity contribution in [2.45, 2.75) is 19.8 Å². The predicted octanol–water partition coefficient (Wildman–Crippen LogP) is 4.37. The van der Waals surface area contributed by atoms with Gasteiger partial charge in [0, 0.05) is 23.9 Å². The Morgan fingerprint density at radius 2 is 1.93 bits per heavy atom. The van der Waals surface area contributed by atoms with Crippen molar-refractivity contribution in [3.63, 3.8) is 0 Å². The van der Waals surface area contributed by atoms with Gasteiger partial charge in [0.1, 0.15) is 17.4 Å². The van der Waals surface area contributed by atoms with Crippen LogP contribution in [0, 0.1) is 11.3 Å². The van der Waals surface area contributed by atoms with Crippen molar-refractivity contribution >= 4 is 12.0 Å². The average Bonchev–Trinajstić information content (AvgIpc) is 3.22. The Balaban J connectivity index is 2.03. The molecule has 0 spiro atoms. The predicted molar refractivity (Wildman–Crippen MR) is 117 cm³/mol. The minimum absolute atomic E-state index is 0.0495. The summed E-state index contributed by atoms with van der Waals surface area (Å²) in [5.41, 5.74) is 3.16. The third kappa shape index (κ3) is 4.95. The lowest BCUT2D eigenvalue weighted by molar-refractivity contribution is -0.117. The zero-order valence-electron chi connectivity index (χ0n) is 17.1. The molecule has 0 bridgehead atoms. The maximum Gasteiger partial charge on any atom is 0.261 e. The number of aromatic nitrogens is 2. The van der Waals surface area contributed by atoms with E-state index < -0.39 is 0 Å². The van der Waals surface area contributed by atoms with Gasteiger partial charge in [-0.25, -0.2) is 4.68 Å². The molecule has 0 radical (unpaired) electrons. The Morgan fingerprint density at radius 3 is 2.57 bits per heavy atom. The molecule has 2 aromatic carbocycles. The normalized spacial score (nSPS) is 11.0. The number of amides is 1. The number of ether oxygens (including phenoxy) is 1. The van der Waals surface area contributed by atoms with Gasteiger partial charge in [0.25, 0.3) is 5.91 Å². The summed E-state index contributed by atoms with van der Waals surface area (Å²) in [6.07, 6.45) is 5.25. The molecule has 0 atom stereocenters. The number of carbonyl (C=O) groups is 1. The standard InChI is InChI=1S/C24H24N4O2/c1-3-4-14-26-24(29)19(16-25)15-20-17-28(21-8-6-5-7-9-21)27-23(20)18-10-12-22(30-2)13-11-18/h5-13,15,17H,3-4,14H2,1-2H3,(H,26,29)/b19-15+. The zero-order chi connectivity index (χ0) is 21.3. The molecule has 0 saturated heterocycles. The Bertz CT molecular complexity index is 1060. The lowest BCUT2D eigenvalue weighted by Gasteiger charge is -2.04. The number of nitrogens with one attached hydrogen (secondary N) is 1. The van der Waals surface area contributed by atoms with Gasteiger partial charge in [0.05, 0.1) is 18.5 Å². The van der Waals surface area contributed by atoms with Crippen molar-refractivity contribution in [1.29, 1.82) is 5.26 Å². The maximum atomic E-state index is 12.4. The molecule has 0 aliphatic rings. The van der Waals surface area contributed by atoms with Gasteiger partial charge in [0.2, 0.25) is 0 Å². The maximum absolute atomic E-state index is 12.4. The summed E-state index contributed by atoms with van der Waals surface area (Å²) in [6, 6.07) is 19.2. The van der Waals surface area contributed by atoms with E-state index in [1.807, 2.05) is 73.8 Å². The number of para-hydroxylation sites is 1. The molecule has 0 aliphatic carbocycles. The van der Waals surface area contributed by atoms with Crippen LogP contribution in [0.15, 0.2) is 66.4 Å². The van der Waals surface area contributed by atoms with E-state index in [0.29, 0.717) is 17.8 Å². The number of methoxy groups -OCH3 is 1. The van der Waals surface area contributed by atoms with Gasteiger partial charge in [-0.05, 0) is 48.9 Å². The van der Waals surface area contributed by atoms with Crippen LogP contribution < -0.4 is 10.1 Å². The lowest BCUT2D eigenvalue weighted by Crippen LogP contribution is -2.25. The van der Waals surface area contributed by atoms with Gasteiger partial charge < -0.3 is 10.1 Å². The van der Waals surface area contributed by atoms with Crippen LogP contribution in [-0.2, 0) is 4.79 Å². The lowest BCUT2D eigenvalue weighted by atomic mass is 10.1. The Kier molecular flexibility index (Phi) is 7.01. The second kappa shape index (κ2) is 10.1. The van der Waals surface area contributed by atoms with E-state index in [4.69, 9.17) is 9.84 Å². The molecule has 0 unspecified atom stereocenters. The zero-order valence-corrected chi connectivity index (χ0v) is 17.1. The van der Waals surface area contributed by atoms with Gasteiger partial charge in [-0.3, -0.25) is 4.79 Å². The van der Waals surface area contributed by atoms with Crippen molar-refractivity contribution in [3.05, 3.63) is 71.9 Å². The van der Waals surface area contributed by atoms with E-state index in [-0.39, 0.29) is 11.5 Å². The molecule has 1 aromatic heterocycles. The number of nitriles is 1. The molecule has 1 heterocycles. The summed E-state index contributed by atoms with van der Waals surface area (Å²) < 4.78 is 6.98. The highest BCUT2D eigenvalue weighted by molar-refractivity contribution is 6.02. The number of hydrogen-bond donors (Lipinski definition) is 1. The van der Waals surface area contributed by atoms with Crippen LogP contribution in [0.1, 0.15) is 25.3 Å². The summed E-state index contributed by atoms with van der Waals surface area (Å²) in [4.78, 5) is 12.4. The van der Waals surface area contributed by atoms with Gasteiger partial charge in [-0.15, -0.1) is 0 Å². The second-order valence-electron chi connectivity index (χ2n) is 6.72. The van der Waals surface area contributed by atoms with E-state index in [9.17, 15) is 10.1 Å². The van der Waals surface area contributed by atoms with E-state index in [0.717, 1.165) is 29.8 Å². The van der Waals surface area contributed by atoms with E-state index in [2.05, 4.69) is 5.32 Å². The summed E-state index contributed by atoms with van der Waals surface area (Å²) >= 11 is 0. The molecule has 6 heteroatoms. The minimum Gasteiger partial charge on any atom is -0.497 e. The first-order valence-corrected chi connectivity index (χ1v) is 9.85. The molecule has 3 aromatic rings. The highest BCUT2D eigenvalue weighted by Crippen LogP contribution is 2.27. The van der Waals surface area contributed by atoms with Gasteiger partial charge in [-0.1, -0.05) is 31.5 Å².